The molecule has 0 radical (unpaired) electrons. The fraction of sp³-hybridized carbons (Fsp3) is 0.333. The van der Waals surface area contributed by atoms with Crippen LogP contribution in [0.1, 0.15) is 17.4 Å². The van der Waals surface area contributed by atoms with E-state index in [0.717, 1.165) is 41.7 Å². The van der Waals surface area contributed by atoms with Crippen LogP contribution in [-0.4, -0.2) is 44.2 Å². The van der Waals surface area contributed by atoms with Gasteiger partial charge in [-0.25, -0.2) is 14.6 Å². The number of nitrogens with zero attached hydrogens (tertiary/aromatic N) is 6. The predicted molar refractivity (Wildman–Crippen MR) is 92.1 cm³/mol. The Labute approximate surface area is 145 Å². The summed E-state index contributed by atoms with van der Waals surface area (Å²) in [4.78, 5) is 11.1. The second-order valence-electron chi connectivity index (χ2n) is 6.52. The number of hydrogen-bond donors (Lipinski definition) is 0. The van der Waals surface area contributed by atoms with E-state index in [-0.39, 0.29) is 12.1 Å². The minimum atomic E-state index is 0.0851. The van der Waals surface area contributed by atoms with Crippen molar-refractivity contribution in [2.24, 2.45) is 0 Å². The molecular weight excluding hydrogens is 316 g/mol. The molecule has 0 saturated carbocycles. The Morgan fingerprint density at radius 3 is 2.84 bits per heavy atom. The van der Waals surface area contributed by atoms with Crippen molar-refractivity contribution >= 4 is 5.95 Å². The number of rotatable bonds is 2. The Morgan fingerprint density at radius 2 is 2.00 bits per heavy atom. The summed E-state index contributed by atoms with van der Waals surface area (Å²) in [6.07, 6.45) is 1.89. The average Bonchev–Trinajstić information content (AvgIpc) is 3.26. The van der Waals surface area contributed by atoms with Gasteiger partial charge in [-0.15, -0.1) is 5.10 Å². The fourth-order valence-corrected chi connectivity index (χ4v) is 3.63. The monoisotopic (exact) mass is 334 g/mol. The molecule has 25 heavy (non-hydrogen) atoms. The molecule has 1 aromatic carbocycles. The van der Waals surface area contributed by atoms with Gasteiger partial charge in [-0.05, 0) is 13.0 Å². The number of aryl methyl sites for hydroxylation is 1. The Morgan fingerprint density at radius 1 is 1.12 bits per heavy atom. The molecule has 0 N–H and O–H groups in total. The van der Waals surface area contributed by atoms with Crippen molar-refractivity contribution in [3.8, 4) is 11.3 Å². The molecule has 2 aromatic heterocycles. The topological polar surface area (TPSA) is 69.0 Å². The molecule has 2 atom stereocenters. The Hall–Kier alpha value is -2.80. The van der Waals surface area contributed by atoms with Gasteiger partial charge in [0.15, 0.2) is 0 Å². The molecule has 126 valence electrons. The fourth-order valence-electron chi connectivity index (χ4n) is 3.63. The second-order valence-corrected chi connectivity index (χ2v) is 6.52. The Bertz CT molecular complexity index is 909. The molecule has 1 saturated heterocycles. The molecule has 5 rings (SSSR count). The lowest BCUT2D eigenvalue weighted by Gasteiger charge is -2.26. The molecule has 4 heterocycles. The van der Waals surface area contributed by atoms with Crippen LogP contribution >= 0.6 is 0 Å². The van der Waals surface area contributed by atoms with E-state index in [2.05, 4.69) is 37.3 Å². The Kier molecular flexibility index (Phi) is 3.27. The van der Waals surface area contributed by atoms with Crippen LogP contribution in [-0.2, 0) is 11.3 Å². The summed E-state index contributed by atoms with van der Waals surface area (Å²) in [5, 5.41) is 8.86. The van der Waals surface area contributed by atoms with E-state index in [1.54, 1.807) is 6.20 Å². The predicted octanol–water partition coefficient (Wildman–Crippen LogP) is 2.00. The molecule has 7 nitrogen and oxygen atoms in total. The number of ether oxygens (including phenoxy) is 1. The smallest absolute Gasteiger partial charge is 0.225 e. The van der Waals surface area contributed by atoms with Crippen molar-refractivity contribution in [1.29, 1.82) is 0 Å². The first-order valence-electron chi connectivity index (χ1n) is 8.45. The lowest BCUT2D eigenvalue weighted by molar-refractivity contribution is -0.00227. The van der Waals surface area contributed by atoms with Crippen LogP contribution in [0.15, 0.2) is 42.6 Å². The molecule has 2 aliphatic heterocycles. The van der Waals surface area contributed by atoms with Crippen LogP contribution in [0, 0.1) is 6.92 Å². The third-order valence-electron chi connectivity index (χ3n) is 4.89. The van der Waals surface area contributed by atoms with Crippen molar-refractivity contribution in [3.63, 3.8) is 0 Å². The lowest BCUT2D eigenvalue weighted by Crippen LogP contribution is -2.32. The van der Waals surface area contributed by atoms with E-state index in [9.17, 15) is 0 Å². The molecule has 0 bridgehead atoms. The summed E-state index contributed by atoms with van der Waals surface area (Å²) in [5.74, 6) is 0.753. The maximum Gasteiger partial charge on any atom is 0.225 e. The maximum atomic E-state index is 6.13. The van der Waals surface area contributed by atoms with Gasteiger partial charge in [0.1, 0.15) is 5.69 Å². The molecule has 2 aliphatic rings. The summed E-state index contributed by atoms with van der Waals surface area (Å²) in [6, 6.07) is 12.2. The normalized spacial score (nSPS) is 21.9. The summed E-state index contributed by atoms with van der Waals surface area (Å²) in [7, 11) is 0. The van der Waals surface area contributed by atoms with Crippen LogP contribution < -0.4 is 4.90 Å². The van der Waals surface area contributed by atoms with Gasteiger partial charge in [0.25, 0.3) is 0 Å². The van der Waals surface area contributed by atoms with Gasteiger partial charge in [-0.2, -0.15) is 0 Å². The number of fused-ring (bicyclic) bond motifs is 3. The van der Waals surface area contributed by atoms with E-state index in [4.69, 9.17) is 4.74 Å². The highest BCUT2D eigenvalue weighted by atomic mass is 16.5. The van der Waals surface area contributed by atoms with Gasteiger partial charge in [0.2, 0.25) is 5.95 Å². The van der Waals surface area contributed by atoms with E-state index in [1.165, 1.54) is 0 Å². The largest absolute Gasteiger partial charge is 0.368 e. The SMILES string of the molecule is Cc1ccnc(N2CC3OCc4c(-c5ccccc5)nnn4[C@@H]3C2)n1. The number of benzene rings is 1. The van der Waals surface area contributed by atoms with Gasteiger partial charge < -0.3 is 9.64 Å². The molecule has 3 aromatic rings. The average molecular weight is 334 g/mol. The van der Waals surface area contributed by atoms with Crippen LogP contribution in [0.25, 0.3) is 11.3 Å². The summed E-state index contributed by atoms with van der Waals surface area (Å²) < 4.78 is 8.17. The minimum Gasteiger partial charge on any atom is -0.368 e. The van der Waals surface area contributed by atoms with Crippen molar-refractivity contribution in [2.45, 2.75) is 25.7 Å². The summed E-state index contributed by atoms with van der Waals surface area (Å²) >= 11 is 0. The van der Waals surface area contributed by atoms with Crippen molar-refractivity contribution in [3.05, 3.63) is 54.0 Å². The first kappa shape index (κ1) is 14.5. The van der Waals surface area contributed by atoms with E-state index < -0.39 is 0 Å². The van der Waals surface area contributed by atoms with Crippen LogP contribution in [0.3, 0.4) is 0 Å². The van der Waals surface area contributed by atoms with Crippen molar-refractivity contribution in [2.75, 3.05) is 18.0 Å². The highest BCUT2D eigenvalue weighted by Crippen LogP contribution is 2.35. The van der Waals surface area contributed by atoms with Crippen molar-refractivity contribution < 1.29 is 4.74 Å². The zero-order chi connectivity index (χ0) is 16.8. The Balaban J connectivity index is 1.47. The molecule has 1 fully saturated rings. The summed E-state index contributed by atoms with van der Waals surface area (Å²) in [6.45, 7) is 4.06. The van der Waals surface area contributed by atoms with E-state index in [0.29, 0.717) is 6.61 Å². The third kappa shape index (κ3) is 2.39. The standard InChI is InChI=1S/C18H18N6O/c1-12-7-8-19-18(20-12)23-9-14-16(10-23)25-11-15-17(21-22-24(14)15)13-5-3-2-4-6-13/h2-8,14,16H,9-11H2,1H3/t14-,16?/m1/s1. The van der Waals surface area contributed by atoms with Gasteiger partial charge in [-0.1, -0.05) is 35.5 Å². The van der Waals surface area contributed by atoms with E-state index in [1.807, 2.05) is 35.9 Å². The lowest BCUT2D eigenvalue weighted by atomic mass is 10.1. The second kappa shape index (κ2) is 5.63. The van der Waals surface area contributed by atoms with Crippen LogP contribution in [0.4, 0.5) is 5.95 Å². The third-order valence-corrected chi connectivity index (χ3v) is 4.89. The van der Waals surface area contributed by atoms with Gasteiger partial charge in [0.05, 0.1) is 24.4 Å². The van der Waals surface area contributed by atoms with Crippen molar-refractivity contribution in [1.82, 2.24) is 25.0 Å². The number of anilines is 1. The highest BCUT2D eigenvalue weighted by Gasteiger charge is 2.41. The highest BCUT2D eigenvalue weighted by molar-refractivity contribution is 5.61. The molecular formula is C18H18N6O. The van der Waals surface area contributed by atoms with Crippen LogP contribution in [0.2, 0.25) is 0 Å². The molecule has 1 unspecified atom stereocenters. The summed E-state index contributed by atoms with van der Waals surface area (Å²) in [5.41, 5.74) is 3.99. The maximum absolute atomic E-state index is 6.13. The van der Waals surface area contributed by atoms with Gasteiger partial charge in [0, 0.05) is 30.5 Å². The first-order valence-corrected chi connectivity index (χ1v) is 8.45. The molecule has 7 heteroatoms. The number of aromatic nitrogens is 5. The molecule has 0 aliphatic carbocycles. The minimum absolute atomic E-state index is 0.0851. The zero-order valence-corrected chi connectivity index (χ0v) is 13.9. The zero-order valence-electron chi connectivity index (χ0n) is 13.9. The quantitative estimate of drug-likeness (QED) is 0.714. The van der Waals surface area contributed by atoms with E-state index >= 15 is 0 Å². The molecule has 0 amide bonds. The number of hydrogen-bond acceptors (Lipinski definition) is 6. The molecule has 0 spiro atoms. The van der Waals surface area contributed by atoms with Gasteiger partial charge >= 0.3 is 0 Å². The van der Waals surface area contributed by atoms with Crippen LogP contribution in [0.5, 0.6) is 0 Å². The van der Waals surface area contributed by atoms with Gasteiger partial charge in [-0.3, -0.25) is 0 Å². The first-order chi connectivity index (χ1) is 12.3.